The summed E-state index contributed by atoms with van der Waals surface area (Å²) < 4.78 is 3.80. The molecule has 0 radical (unpaired) electrons. The molecule has 1 aromatic heterocycles. The lowest BCUT2D eigenvalue weighted by Gasteiger charge is -2.04. The average Bonchev–Trinajstić information content (AvgIpc) is 2.55. The summed E-state index contributed by atoms with van der Waals surface area (Å²) in [7, 11) is 0. The molecule has 1 N–H and O–H groups in total. The van der Waals surface area contributed by atoms with Gasteiger partial charge in [0.1, 0.15) is 0 Å². The van der Waals surface area contributed by atoms with Gasteiger partial charge in [0.05, 0.1) is 5.69 Å². The van der Waals surface area contributed by atoms with Crippen molar-refractivity contribution < 1.29 is 0 Å². The summed E-state index contributed by atoms with van der Waals surface area (Å²) in [6.45, 7) is 6.44. The largest absolute Gasteiger partial charge is 0.311 e. The third-order valence-corrected chi connectivity index (χ3v) is 2.40. The van der Waals surface area contributed by atoms with Gasteiger partial charge in [-0.05, 0) is 36.8 Å². The van der Waals surface area contributed by atoms with Crippen LogP contribution in [0.3, 0.4) is 0 Å². The van der Waals surface area contributed by atoms with Gasteiger partial charge >= 0.3 is 0 Å². The topological polar surface area (TPSA) is 37.8 Å². The summed E-state index contributed by atoms with van der Waals surface area (Å²) in [6, 6.07) is 0. The van der Waals surface area contributed by atoms with Gasteiger partial charge in [0.15, 0.2) is 0 Å². The van der Waals surface area contributed by atoms with E-state index in [2.05, 4.69) is 28.8 Å². The van der Waals surface area contributed by atoms with E-state index >= 15 is 0 Å². The minimum absolute atomic E-state index is 0.808. The Kier molecular flexibility index (Phi) is 4.93. The molecule has 0 saturated heterocycles. The lowest BCUT2D eigenvalue weighted by Crippen LogP contribution is -2.15. The molecule has 13 heavy (non-hydrogen) atoms. The van der Waals surface area contributed by atoms with E-state index in [1.165, 1.54) is 24.4 Å². The van der Waals surface area contributed by atoms with E-state index < -0.39 is 0 Å². The quantitative estimate of drug-likeness (QED) is 0.713. The summed E-state index contributed by atoms with van der Waals surface area (Å²) in [5, 5.41) is 9.28. The Bertz CT molecular complexity index is 209. The van der Waals surface area contributed by atoms with Crippen molar-refractivity contribution in [3.05, 3.63) is 11.1 Å². The van der Waals surface area contributed by atoms with E-state index in [1.54, 1.807) is 0 Å². The fraction of sp³-hybridized carbons (Fsp3) is 0.778. The Morgan fingerprint density at radius 1 is 1.54 bits per heavy atom. The van der Waals surface area contributed by atoms with E-state index in [0.717, 1.165) is 24.7 Å². The van der Waals surface area contributed by atoms with Crippen LogP contribution in [0.1, 0.15) is 32.4 Å². The van der Waals surface area contributed by atoms with Crippen LogP contribution in [0.15, 0.2) is 5.38 Å². The summed E-state index contributed by atoms with van der Waals surface area (Å²) in [6.07, 6.45) is 2.54. The molecule has 0 spiro atoms. The van der Waals surface area contributed by atoms with E-state index in [9.17, 15) is 0 Å². The van der Waals surface area contributed by atoms with Crippen LogP contribution in [-0.4, -0.2) is 16.1 Å². The molecular formula is C9H17N3S. The van der Waals surface area contributed by atoms with E-state index in [0.29, 0.717) is 0 Å². The monoisotopic (exact) mass is 199 g/mol. The number of hydrogen-bond acceptors (Lipinski definition) is 4. The fourth-order valence-electron chi connectivity index (χ4n) is 1.11. The van der Waals surface area contributed by atoms with Crippen LogP contribution in [0.25, 0.3) is 0 Å². The fourth-order valence-corrected chi connectivity index (χ4v) is 1.56. The van der Waals surface area contributed by atoms with Crippen LogP contribution in [-0.2, 0) is 6.54 Å². The third-order valence-electron chi connectivity index (χ3n) is 1.85. The van der Waals surface area contributed by atoms with Crippen LogP contribution >= 0.6 is 11.5 Å². The van der Waals surface area contributed by atoms with Crippen LogP contribution in [0.4, 0.5) is 0 Å². The first kappa shape index (κ1) is 10.6. The Morgan fingerprint density at radius 2 is 2.38 bits per heavy atom. The zero-order valence-electron chi connectivity index (χ0n) is 8.29. The highest BCUT2D eigenvalue weighted by Crippen LogP contribution is 2.02. The molecule has 1 heterocycles. The Balaban J connectivity index is 1.96. The summed E-state index contributed by atoms with van der Waals surface area (Å²) in [4.78, 5) is 0. The molecule has 0 fully saturated rings. The molecule has 0 bridgehead atoms. The normalized spacial score (nSPS) is 11.0. The summed E-state index contributed by atoms with van der Waals surface area (Å²) in [5.41, 5.74) is 1.05. The first-order valence-electron chi connectivity index (χ1n) is 4.75. The van der Waals surface area contributed by atoms with E-state index in [-0.39, 0.29) is 0 Å². The molecule has 0 aliphatic heterocycles. The zero-order chi connectivity index (χ0) is 9.52. The molecule has 0 saturated carbocycles. The Hall–Kier alpha value is -0.480. The van der Waals surface area contributed by atoms with Crippen molar-refractivity contribution in [3.8, 4) is 0 Å². The number of hydrogen-bond donors (Lipinski definition) is 1. The highest BCUT2D eigenvalue weighted by molar-refractivity contribution is 7.03. The molecule has 74 valence electrons. The van der Waals surface area contributed by atoms with Gasteiger partial charge in [0, 0.05) is 11.9 Å². The van der Waals surface area contributed by atoms with Crippen LogP contribution in [0.2, 0.25) is 0 Å². The highest BCUT2D eigenvalue weighted by atomic mass is 32.1. The first-order valence-corrected chi connectivity index (χ1v) is 5.59. The van der Waals surface area contributed by atoms with Crippen molar-refractivity contribution in [1.29, 1.82) is 0 Å². The minimum Gasteiger partial charge on any atom is -0.311 e. The molecule has 4 heteroatoms. The van der Waals surface area contributed by atoms with Crippen molar-refractivity contribution in [1.82, 2.24) is 14.9 Å². The van der Waals surface area contributed by atoms with Crippen molar-refractivity contribution in [2.45, 2.75) is 33.2 Å². The number of nitrogens with one attached hydrogen (secondary N) is 1. The third kappa shape index (κ3) is 4.95. The van der Waals surface area contributed by atoms with Gasteiger partial charge in [-0.15, -0.1) is 5.10 Å². The molecule has 0 aromatic carbocycles. The molecule has 3 nitrogen and oxygen atoms in total. The van der Waals surface area contributed by atoms with Crippen LogP contribution < -0.4 is 5.32 Å². The molecule has 0 amide bonds. The first-order chi connectivity index (χ1) is 6.29. The van der Waals surface area contributed by atoms with Gasteiger partial charge in [-0.2, -0.15) is 0 Å². The SMILES string of the molecule is CC(C)CCCNCc1csnn1. The molecule has 0 aliphatic rings. The van der Waals surface area contributed by atoms with Crippen molar-refractivity contribution in [2.75, 3.05) is 6.54 Å². The van der Waals surface area contributed by atoms with Gasteiger partial charge in [-0.3, -0.25) is 0 Å². The number of rotatable bonds is 6. The predicted octanol–water partition coefficient (Wildman–Crippen LogP) is 2.06. The van der Waals surface area contributed by atoms with Crippen LogP contribution in [0, 0.1) is 5.92 Å². The second kappa shape index (κ2) is 6.05. The van der Waals surface area contributed by atoms with E-state index in [1.807, 2.05) is 5.38 Å². The molecule has 0 aliphatic carbocycles. The smallest absolute Gasteiger partial charge is 0.0893 e. The van der Waals surface area contributed by atoms with Crippen molar-refractivity contribution >= 4 is 11.5 Å². The summed E-state index contributed by atoms with van der Waals surface area (Å²) in [5.74, 6) is 0.808. The maximum atomic E-state index is 3.96. The minimum atomic E-state index is 0.808. The lowest BCUT2D eigenvalue weighted by atomic mass is 10.1. The number of aromatic nitrogens is 2. The van der Waals surface area contributed by atoms with Crippen molar-refractivity contribution in [2.24, 2.45) is 5.92 Å². The van der Waals surface area contributed by atoms with E-state index in [4.69, 9.17) is 0 Å². The van der Waals surface area contributed by atoms with Crippen molar-refractivity contribution in [3.63, 3.8) is 0 Å². The predicted molar refractivity (Wildman–Crippen MR) is 55.7 cm³/mol. The van der Waals surface area contributed by atoms with Gasteiger partial charge in [-0.1, -0.05) is 18.3 Å². The van der Waals surface area contributed by atoms with Crippen LogP contribution in [0.5, 0.6) is 0 Å². The number of nitrogens with zero attached hydrogens (tertiary/aromatic N) is 2. The second-order valence-corrected chi connectivity index (χ2v) is 4.22. The molecule has 1 aromatic rings. The van der Waals surface area contributed by atoms with Gasteiger partial charge in [0.2, 0.25) is 0 Å². The molecule has 1 rings (SSSR count). The molecule has 0 atom stereocenters. The molecular weight excluding hydrogens is 182 g/mol. The zero-order valence-corrected chi connectivity index (χ0v) is 9.10. The van der Waals surface area contributed by atoms with Gasteiger partial charge in [0.25, 0.3) is 0 Å². The maximum Gasteiger partial charge on any atom is 0.0893 e. The lowest BCUT2D eigenvalue weighted by molar-refractivity contribution is 0.525. The molecule has 0 unspecified atom stereocenters. The Labute approximate surface area is 83.7 Å². The maximum absolute atomic E-state index is 3.96. The second-order valence-electron chi connectivity index (χ2n) is 3.61. The summed E-state index contributed by atoms with van der Waals surface area (Å²) >= 11 is 1.41. The van der Waals surface area contributed by atoms with Gasteiger partial charge < -0.3 is 5.32 Å². The average molecular weight is 199 g/mol. The van der Waals surface area contributed by atoms with Gasteiger partial charge in [-0.25, -0.2) is 0 Å². The highest BCUT2D eigenvalue weighted by Gasteiger charge is 1.96. The Morgan fingerprint density at radius 3 is 3.00 bits per heavy atom. The standard InChI is InChI=1S/C9H17N3S/c1-8(2)4-3-5-10-6-9-7-13-12-11-9/h7-8,10H,3-6H2,1-2H3.